The van der Waals surface area contributed by atoms with Crippen molar-refractivity contribution >= 4 is 28.1 Å². The first-order valence-electron chi connectivity index (χ1n) is 6.97. The maximum Gasteiger partial charge on any atom is 0.272 e. The molecule has 3 rings (SSSR count). The summed E-state index contributed by atoms with van der Waals surface area (Å²) in [7, 11) is 0. The van der Waals surface area contributed by atoms with Crippen molar-refractivity contribution in [3.05, 3.63) is 39.3 Å². The number of nitro groups is 1. The Hall–Kier alpha value is -2.28. The second-order valence-electron chi connectivity index (χ2n) is 5.61. The fourth-order valence-corrected chi connectivity index (χ4v) is 3.04. The quantitative estimate of drug-likeness (QED) is 0.689. The Kier molecular flexibility index (Phi) is 3.66. The van der Waals surface area contributed by atoms with Crippen LogP contribution in [0.1, 0.15) is 18.9 Å². The second kappa shape index (κ2) is 5.49. The molecule has 1 saturated carbocycles. The molecule has 7 heteroatoms. The van der Waals surface area contributed by atoms with Crippen molar-refractivity contribution in [2.75, 3.05) is 5.32 Å². The maximum atomic E-state index is 11.9. The summed E-state index contributed by atoms with van der Waals surface area (Å²) >= 11 is 1.32. The summed E-state index contributed by atoms with van der Waals surface area (Å²) < 4.78 is 0. The molecular formula is C15H15N3O3S. The molecule has 0 spiro atoms. The Morgan fingerprint density at radius 2 is 2.23 bits per heavy atom. The minimum Gasteiger partial charge on any atom is -0.302 e. The standard InChI is InChI=1S/C15H15N3O3S/c1-8-3-4-10(6-13(8)18(20)21)12-7-22-15(16-12)17-14(19)11-5-9(11)2/h3-4,6-7,9,11H,5H2,1-2H3,(H,16,17,19). The maximum absolute atomic E-state index is 11.9. The lowest BCUT2D eigenvalue weighted by Crippen LogP contribution is -2.14. The van der Waals surface area contributed by atoms with Crippen LogP contribution in [0.3, 0.4) is 0 Å². The molecule has 0 aliphatic heterocycles. The Labute approximate surface area is 131 Å². The summed E-state index contributed by atoms with van der Waals surface area (Å²) in [6.45, 7) is 3.74. The van der Waals surface area contributed by atoms with E-state index in [1.165, 1.54) is 17.4 Å². The average Bonchev–Trinajstić information content (AvgIpc) is 3.03. The van der Waals surface area contributed by atoms with Gasteiger partial charge in [-0.05, 0) is 19.3 Å². The van der Waals surface area contributed by atoms with Gasteiger partial charge in [0.15, 0.2) is 5.13 Å². The van der Waals surface area contributed by atoms with Crippen molar-refractivity contribution in [2.45, 2.75) is 20.3 Å². The third kappa shape index (κ3) is 2.85. The SMILES string of the molecule is Cc1ccc(-c2csc(NC(=O)C3CC3C)n2)cc1[N+](=O)[O-]. The highest BCUT2D eigenvalue weighted by atomic mass is 32.1. The van der Waals surface area contributed by atoms with Gasteiger partial charge in [-0.15, -0.1) is 11.3 Å². The number of aryl methyl sites for hydroxylation is 1. The lowest BCUT2D eigenvalue weighted by Gasteiger charge is -2.01. The highest BCUT2D eigenvalue weighted by Crippen LogP contribution is 2.39. The first kappa shape index (κ1) is 14.6. The van der Waals surface area contributed by atoms with Gasteiger partial charge in [0.2, 0.25) is 5.91 Å². The monoisotopic (exact) mass is 317 g/mol. The van der Waals surface area contributed by atoms with Gasteiger partial charge in [0, 0.05) is 28.5 Å². The largest absolute Gasteiger partial charge is 0.302 e. The number of benzene rings is 1. The van der Waals surface area contributed by atoms with E-state index < -0.39 is 4.92 Å². The molecule has 6 nitrogen and oxygen atoms in total. The Bertz CT molecular complexity index is 756. The number of amides is 1. The molecule has 0 saturated heterocycles. The number of nitrogens with zero attached hydrogens (tertiary/aromatic N) is 2. The number of carbonyl (C=O) groups is 1. The van der Waals surface area contributed by atoms with Crippen LogP contribution in [0.15, 0.2) is 23.6 Å². The number of nitrogens with one attached hydrogen (secondary N) is 1. The second-order valence-corrected chi connectivity index (χ2v) is 6.46. The third-order valence-corrected chi connectivity index (χ3v) is 4.64. The molecule has 2 atom stereocenters. The molecular weight excluding hydrogens is 302 g/mol. The number of aromatic nitrogens is 1. The van der Waals surface area contributed by atoms with Crippen molar-refractivity contribution in [3.63, 3.8) is 0 Å². The van der Waals surface area contributed by atoms with E-state index in [0.29, 0.717) is 27.9 Å². The van der Waals surface area contributed by atoms with Crippen LogP contribution < -0.4 is 5.32 Å². The van der Waals surface area contributed by atoms with Crippen molar-refractivity contribution < 1.29 is 9.72 Å². The fourth-order valence-electron chi connectivity index (χ4n) is 2.31. The molecule has 1 amide bonds. The number of nitro benzene ring substituents is 1. The van der Waals surface area contributed by atoms with Gasteiger partial charge in [0.25, 0.3) is 5.69 Å². The zero-order chi connectivity index (χ0) is 15.9. The Morgan fingerprint density at radius 3 is 2.86 bits per heavy atom. The van der Waals surface area contributed by atoms with Gasteiger partial charge >= 0.3 is 0 Å². The van der Waals surface area contributed by atoms with E-state index in [2.05, 4.69) is 10.3 Å². The van der Waals surface area contributed by atoms with E-state index in [4.69, 9.17) is 0 Å². The van der Waals surface area contributed by atoms with Gasteiger partial charge in [-0.25, -0.2) is 4.98 Å². The predicted molar refractivity (Wildman–Crippen MR) is 84.8 cm³/mol. The molecule has 1 N–H and O–H groups in total. The van der Waals surface area contributed by atoms with E-state index >= 15 is 0 Å². The number of thiazole rings is 1. The first-order valence-corrected chi connectivity index (χ1v) is 7.85. The van der Waals surface area contributed by atoms with Crippen LogP contribution in [-0.2, 0) is 4.79 Å². The summed E-state index contributed by atoms with van der Waals surface area (Å²) in [4.78, 5) is 26.8. The van der Waals surface area contributed by atoms with Crippen LogP contribution in [0, 0.1) is 28.9 Å². The number of rotatable bonds is 4. The number of carbonyl (C=O) groups excluding carboxylic acids is 1. The van der Waals surface area contributed by atoms with Crippen molar-refractivity contribution in [3.8, 4) is 11.3 Å². The molecule has 22 heavy (non-hydrogen) atoms. The van der Waals surface area contributed by atoms with Gasteiger partial charge in [0.05, 0.1) is 10.6 Å². The predicted octanol–water partition coefficient (Wildman–Crippen LogP) is 3.62. The normalized spacial score (nSPS) is 19.7. The lowest BCUT2D eigenvalue weighted by molar-refractivity contribution is -0.385. The van der Waals surface area contributed by atoms with Gasteiger partial charge in [-0.3, -0.25) is 14.9 Å². The van der Waals surface area contributed by atoms with Crippen molar-refractivity contribution in [1.82, 2.24) is 4.98 Å². The summed E-state index contributed by atoms with van der Waals surface area (Å²) in [5.41, 5.74) is 1.99. The molecule has 1 aliphatic carbocycles. The van der Waals surface area contributed by atoms with E-state index in [-0.39, 0.29) is 17.5 Å². The highest BCUT2D eigenvalue weighted by Gasteiger charge is 2.39. The van der Waals surface area contributed by atoms with Crippen LogP contribution in [0.5, 0.6) is 0 Å². The zero-order valence-electron chi connectivity index (χ0n) is 12.2. The fraction of sp³-hybridized carbons (Fsp3) is 0.333. The molecule has 1 aromatic carbocycles. The third-order valence-electron chi connectivity index (χ3n) is 3.88. The van der Waals surface area contributed by atoms with E-state index in [0.717, 1.165) is 6.42 Å². The molecule has 1 aliphatic rings. The molecule has 0 radical (unpaired) electrons. The van der Waals surface area contributed by atoms with Crippen molar-refractivity contribution in [1.29, 1.82) is 0 Å². The molecule has 2 aromatic rings. The summed E-state index contributed by atoms with van der Waals surface area (Å²) in [6, 6.07) is 5.02. The minimum absolute atomic E-state index is 0.00304. The van der Waals surface area contributed by atoms with Gasteiger partial charge in [-0.2, -0.15) is 0 Å². The molecule has 1 heterocycles. The average molecular weight is 317 g/mol. The van der Waals surface area contributed by atoms with Crippen LogP contribution in [0.4, 0.5) is 10.8 Å². The van der Waals surface area contributed by atoms with Gasteiger partial charge < -0.3 is 5.32 Å². The molecule has 1 fully saturated rings. The van der Waals surface area contributed by atoms with Crippen LogP contribution in [0.2, 0.25) is 0 Å². The molecule has 114 valence electrons. The zero-order valence-corrected chi connectivity index (χ0v) is 13.0. The van der Waals surface area contributed by atoms with Crippen LogP contribution >= 0.6 is 11.3 Å². The van der Waals surface area contributed by atoms with Gasteiger partial charge in [-0.1, -0.05) is 19.1 Å². The van der Waals surface area contributed by atoms with E-state index in [1.54, 1.807) is 24.4 Å². The van der Waals surface area contributed by atoms with Crippen molar-refractivity contribution in [2.24, 2.45) is 11.8 Å². The van der Waals surface area contributed by atoms with Crippen LogP contribution in [0.25, 0.3) is 11.3 Å². The molecule has 1 aromatic heterocycles. The minimum atomic E-state index is -0.400. The Balaban J connectivity index is 1.80. The van der Waals surface area contributed by atoms with E-state index in [1.807, 2.05) is 6.92 Å². The number of hydrogen-bond donors (Lipinski definition) is 1. The smallest absolute Gasteiger partial charge is 0.272 e. The number of hydrogen-bond acceptors (Lipinski definition) is 5. The Morgan fingerprint density at radius 1 is 1.50 bits per heavy atom. The molecule has 0 bridgehead atoms. The number of anilines is 1. The van der Waals surface area contributed by atoms with Crippen LogP contribution in [-0.4, -0.2) is 15.8 Å². The summed E-state index contributed by atoms with van der Waals surface area (Å²) in [5.74, 6) is 0.537. The lowest BCUT2D eigenvalue weighted by atomic mass is 10.1. The summed E-state index contributed by atoms with van der Waals surface area (Å²) in [6.07, 6.45) is 0.925. The topological polar surface area (TPSA) is 85.1 Å². The first-order chi connectivity index (χ1) is 10.5. The van der Waals surface area contributed by atoms with E-state index in [9.17, 15) is 14.9 Å². The summed E-state index contributed by atoms with van der Waals surface area (Å²) in [5, 5.41) is 16.1. The van der Waals surface area contributed by atoms with Gasteiger partial charge in [0.1, 0.15) is 0 Å². The highest BCUT2D eigenvalue weighted by molar-refractivity contribution is 7.14. The molecule has 2 unspecified atom stereocenters.